The molecule has 2 aliphatic heterocycles. The number of carbonyl (C=O) groups is 3. The lowest BCUT2D eigenvalue weighted by Crippen LogP contribution is -2.45. The second kappa shape index (κ2) is 11.7. The van der Waals surface area contributed by atoms with Crippen LogP contribution in [0.25, 0.3) is 0 Å². The maximum absolute atomic E-state index is 13.6. The van der Waals surface area contributed by atoms with E-state index in [1.807, 2.05) is 0 Å². The summed E-state index contributed by atoms with van der Waals surface area (Å²) in [5, 5.41) is 9.34. The predicted octanol–water partition coefficient (Wildman–Crippen LogP) is 4.32. The van der Waals surface area contributed by atoms with Crippen molar-refractivity contribution in [2.75, 3.05) is 56.2 Å². The number of rotatable bonds is 7. The molecule has 4 rings (SSSR count). The largest absolute Gasteiger partial charge is 0.464 e. The quantitative estimate of drug-likeness (QED) is 0.350. The van der Waals surface area contributed by atoms with Gasteiger partial charge in [0.25, 0.3) is 5.91 Å². The summed E-state index contributed by atoms with van der Waals surface area (Å²) in [5.41, 5.74) is -3.10. The zero-order valence-electron chi connectivity index (χ0n) is 22.8. The third-order valence-corrected chi connectivity index (χ3v) is 7.61. The highest BCUT2D eigenvalue weighted by atomic mass is 35.5. The number of hydrogen-bond donors (Lipinski definition) is 0. The van der Waals surface area contributed by atoms with E-state index < -0.39 is 40.7 Å². The van der Waals surface area contributed by atoms with Gasteiger partial charge in [-0.1, -0.05) is 11.6 Å². The summed E-state index contributed by atoms with van der Waals surface area (Å²) in [4.78, 5) is 45.7. The van der Waals surface area contributed by atoms with Crippen molar-refractivity contribution in [3.63, 3.8) is 0 Å². The van der Waals surface area contributed by atoms with Crippen molar-refractivity contribution in [2.45, 2.75) is 32.0 Å². The van der Waals surface area contributed by atoms with Crippen LogP contribution in [0.2, 0.25) is 5.02 Å². The van der Waals surface area contributed by atoms with Gasteiger partial charge >= 0.3 is 18.2 Å². The topological polar surface area (TPSA) is 97.2 Å². The minimum Gasteiger partial charge on any atom is -0.464 e. The standard InChI is InChI=1S/C28H29ClF3N5O4/c1-27(2)25(39)36(20-5-4-18(17-33)22(16-20)28(30,31)32)26(40)37(27)21-6-7-23(29)19(14-21)15-24(38)41-13-12-35-10-8-34(3)9-11-35/h4-7,14,16H,8-13,15H2,1-3H3. The molecule has 0 unspecified atom stereocenters. The van der Waals surface area contributed by atoms with Gasteiger partial charge in [0.1, 0.15) is 12.1 Å². The SMILES string of the molecule is CN1CCN(CCOC(=O)Cc2cc(N3C(=O)N(c4ccc(C#N)c(C(F)(F)F)c4)C(=O)C3(C)C)ccc2Cl)CC1. The lowest BCUT2D eigenvalue weighted by atomic mass is 10.0. The number of urea groups is 1. The number of ether oxygens (including phenoxy) is 1. The Balaban J connectivity index is 1.53. The zero-order chi connectivity index (χ0) is 30.1. The van der Waals surface area contributed by atoms with Crippen molar-refractivity contribution < 1.29 is 32.3 Å². The van der Waals surface area contributed by atoms with Gasteiger partial charge in [0.2, 0.25) is 0 Å². The molecule has 2 heterocycles. The fourth-order valence-corrected chi connectivity index (χ4v) is 5.05. The van der Waals surface area contributed by atoms with Crippen molar-refractivity contribution in [2.24, 2.45) is 0 Å². The first-order chi connectivity index (χ1) is 19.2. The number of nitrogens with zero attached hydrogens (tertiary/aromatic N) is 5. The van der Waals surface area contributed by atoms with Gasteiger partial charge < -0.3 is 9.64 Å². The Morgan fingerprint density at radius 3 is 2.37 bits per heavy atom. The first-order valence-electron chi connectivity index (χ1n) is 12.9. The Bertz CT molecular complexity index is 1400. The molecule has 13 heteroatoms. The third-order valence-electron chi connectivity index (χ3n) is 7.24. The van der Waals surface area contributed by atoms with Gasteiger partial charge in [0.05, 0.1) is 29.3 Å². The molecule has 0 N–H and O–H groups in total. The number of likely N-dealkylation sites (N-methyl/N-ethyl adjacent to an activating group) is 1. The number of carbonyl (C=O) groups excluding carboxylic acids is 3. The summed E-state index contributed by atoms with van der Waals surface area (Å²) in [6, 6.07) is 7.69. The molecule has 0 spiro atoms. The number of imide groups is 1. The minimum atomic E-state index is -4.87. The van der Waals surface area contributed by atoms with E-state index in [2.05, 4.69) is 16.8 Å². The maximum Gasteiger partial charge on any atom is 0.417 e. The summed E-state index contributed by atoms with van der Waals surface area (Å²) in [7, 11) is 2.05. The van der Waals surface area contributed by atoms with Crippen molar-refractivity contribution >= 4 is 40.9 Å². The van der Waals surface area contributed by atoms with E-state index in [0.717, 1.165) is 43.2 Å². The van der Waals surface area contributed by atoms with Gasteiger partial charge in [-0.25, -0.2) is 9.69 Å². The molecule has 0 saturated carbocycles. The van der Waals surface area contributed by atoms with Gasteiger partial charge in [0.15, 0.2) is 0 Å². The highest BCUT2D eigenvalue weighted by Crippen LogP contribution is 2.40. The molecule has 218 valence electrons. The van der Waals surface area contributed by atoms with Crippen LogP contribution in [0.15, 0.2) is 36.4 Å². The zero-order valence-corrected chi connectivity index (χ0v) is 23.6. The van der Waals surface area contributed by atoms with Gasteiger partial charge in [-0.15, -0.1) is 0 Å². The Labute approximate surface area is 240 Å². The number of piperazine rings is 1. The normalized spacial score (nSPS) is 18.1. The van der Waals surface area contributed by atoms with E-state index >= 15 is 0 Å². The van der Waals surface area contributed by atoms with Crippen LogP contribution < -0.4 is 9.80 Å². The van der Waals surface area contributed by atoms with E-state index in [0.29, 0.717) is 23.1 Å². The molecule has 41 heavy (non-hydrogen) atoms. The van der Waals surface area contributed by atoms with E-state index in [1.54, 1.807) is 0 Å². The molecule has 2 saturated heterocycles. The summed E-state index contributed by atoms with van der Waals surface area (Å²) in [6.07, 6.45) is -5.05. The van der Waals surface area contributed by atoms with E-state index in [9.17, 15) is 27.6 Å². The van der Waals surface area contributed by atoms with Gasteiger partial charge in [-0.3, -0.25) is 19.4 Å². The molecule has 0 atom stereocenters. The fraction of sp³-hybridized carbons (Fsp3) is 0.429. The second-order valence-corrected chi connectivity index (χ2v) is 10.9. The molecule has 0 radical (unpaired) electrons. The smallest absolute Gasteiger partial charge is 0.417 e. The predicted molar refractivity (Wildman–Crippen MR) is 146 cm³/mol. The molecule has 2 aromatic rings. The van der Waals surface area contributed by atoms with Crippen LogP contribution in [0.5, 0.6) is 0 Å². The lowest BCUT2D eigenvalue weighted by Gasteiger charge is -2.32. The summed E-state index contributed by atoms with van der Waals surface area (Å²) in [5.74, 6) is -1.28. The van der Waals surface area contributed by atoms with E-state index in [-0.39, 0.29) is 29.4 Å². The number of benzene rings is 2. The number of amides is 3. The average Bonchev–Trinajstić information content (AvgIpc) is 3.08. The molecule has 3 amide bonds. The molecule has 0 aromatic heterocycles. The Kier molecular flexibility index (Phi) is 8.63. The summed E-state index contributed by atoms with van der Waals surface area (Å²) < 4.78 is 46.1. The molecule has 2 aromatic carbocycles. The van der Waals surface area contributed by atoms with Crippen LogP contribution in [-0.2, 0) is 26.9 Å². The van der Waals surface area contributed by atoms with Gasteiger partial charge in [0, 0.05) is 43.4 Å². The number of halogens is 4. The highest BCUT2D eigenvalue weighted by molar-refractivity contribution is 6.32. The van der Waals surface area contributed by atoms with E-state index in [1.165, 1.54) is 38.1 Å². The monoisotopic (exact) mass is 591 g/mol. The van der Waals surface area contributed by atoms with Crippen LogP contribution in [0.3, 0.4) is 0 Å². The Hall–Kier alpha value is -3.66. The first kappa shape index (κ1) is 30.3. The molecule has 2 aliphatic rings. The van der Waals surface area contributed by atoms with Crippen LogP contribution in [-0.4, -0.2) is 79.6 Å². The van der Waals surface area contributed by atoms with Gasteiger partial charge in [-0.2, -0.15) is 18.4 Å². The maximum atomic E-state index is 13.6. The van der Waals surface area contributed by atoms with Crippen molar-refractivity contribution in [3.8, 4) is 6.07 Å². The summed E-state index contributed by atoms with van der Waals surface area (Å²) in [6.45, 7) is 7.39. The van der Waals surface area contributed by atoms with Crippen LogP contribution >= 0.6 is 11.6 Å². The number of hydrogen-bond acceptors (Lipinski definition) is 7. The lowest BCUT2D eigenvalue weighted by molar-refractivity contribution is -0.143. The molecule has 9 nitrogen and oxygen atoms in total. The Morgan fingerprint density at radius 1 is 1.07 bits per heavy atom. The van der Waals surface area contributed by atoms with Gasteiger partial charge in [-0.05, 0) is 62.9 Å². The van der Waals surface area contributed by atoms with Crippen molar-refractivity contribution in [1.82, 2.24) is 9.80 Å². The van der Waals surface area contributed by atoms with Crippen LogP contribution in [0.4, 0.5) is 29.3 Å². The minimum absolute atomic E-state index is 0.180. The first-order valence-corrected chi connectivity index (χ1v) is 13.3. The van der Waals surface area contributed by atoms with E-state index in [4.69, 9.17) is 21.6 Å². The second-order valence-electron chi connectivity index (χ2n) is 10.5. The molecule has 0 aliphatic carbocycles. The van der Waals surface area contributed by atoms with Crippen molar-refractivity contribution in [3.05, 3.63) is 58.1 Å². The fourth-order valence-electron chi connectivity index (χ4n) is 4.86. The van der Waals surface area contributed by atoms with Crippen LogP contribution in [0.1, 0.15) is 30.5 Å². The molecular formula is C28H29ClF3N5O4. The molecule has 0 bridgehead atoms. The number of esters is 1. The molecular weight excluding hydrogens is 563 g/mol. The Morgan fingerprint density at radius 2 is 1.73 bits per heavy atom. The molecule has 2 fully saturated rings. The summed E-state index contributed by atoms with van der Waals surface area (Å²) >= 11 is 6.33. The highest BCUT2D eigenvalue weighted by Gasteiger charge is 2.53. The number of anilines is 2. The third kappa shape index (κ3) is 6.32. The van der Waals surface area contributed by atoms with Crippen LogP contribution in [0, 0.1) is 11.3 Å². The average molecular weight is 592 g/mol. The van der Waals surface area contributed by atoms with Crippen molar-refractivity contribution in [1.29, 1.82) is 5.26 Å². The number of nitriles is 1. The number of alkyl halides is 3.